The molecular weight excluding hydrogens is 478 g/mol. The van der Waals surface area contributed by atoms with E-state index in [1.54, 1.807) is 36.7 Å². The first kappa shape index (κ1) is 25.5. The smallest absolute Gasteiger partial charge is 0.253 e. The van der Waals surface area contributed by atoms with Crippen LogP contribution >= 0.6 is 11.8 Å². The zero-order valence-corrected chi connectivity index (χ0v) is 21.5. The molecule has 3 aromatic rings. The van der Waals surface area contributed by atoms with Gasteiger partial charge < -0.3 is 14.6 Å². The molecule has 1 aliphatic heterocycles. The van der Waals surface area contributed by atoms with Crippen LogP contribution in [0, 0.1) is 0 Å². The molecular formula is C25H31N7O3S. The third kappa shape index (κ3) is 6.54. The number of nitrogens with one attached hydrogen (secondary N) is 2. The van der Waals surface area contributed by atoms with Crippen LogP contribution in [0.3, 0.4) is 0 Å². The van der Waals surface area contributed by atoms with Gasteiger partial charge in [-0.25, -0.2) is 4.98 Å². The number of anilines is 1. The van der Waals surface area contributed by atoms with E-state index in [0.29, 0.717) is 36.0 Å². The lowest BCUT2D eigenvalue weighted by atomic mass is 9.94. The minimum atomic E-state index is -0.292. The van der Waals surface area contributed by atoms with Crippen LogP contribution in [-0.2, 0) is 16.0 Å². The second-order valence-electron chi connectivity index (χ2n) is 9.62. The number of hydrogen-bond acceptors (Lipinski definition) is 8. The lowest BCUT2D eigenvalue weighted by molar-refractivity contribution is -0.111. The number of carbonyl (C=O) groups is 2. The number of benzene rings is 1. The lowest BCUT2D eigenvalue weighted by Crippen LogP contribution is -2.47. The minimum absolute atomic E-state index is 0.0280. The van der Waals surface area contributed by atoms with Gasteiger partial charge in [0.1, 0.15) is 10.8 Å². The second-order valence-corrected chi connectivity index (χ2v) is 10.6. The summed E-state index contributed by atoms with van der Waals surface area (Å²) in [7, 11) is 0. The largest absolute Gasteiger partial charge is 0.444 e. The van der Waals surface area contributed by atoms with Gasteiger partial charge in [0.05, 0.1) is 24.2 Å². The predicted octanol–water partition coefficient (Wildman–Crippen LogP) is 3.83. The van der Waals surface area contributed by atoms with Gasteiger partial charge in [-0.15, -0.1) is 10.2 Å². The Labute approximate surface area is 214 Å². The van der Waals surface area contributed by atoms with Crippen molar-refractivity contribution in [2.24, 2.45) is 0 Å². The third-order valence-corrected chi connectivity index (χ3v) is 6.57. The molecule has 1 unspecified atom stereocenters. The molecule has 0 bridgehead atoms. The number of likely N-dealkylation sites (tertiary alicyclic amines) is 1. The number of thioether (sulfide) groups is 1. The molecule has 3 heterocycles. The molecule has 0 radical (unpaired) electrons. The summed E-state index contributed by atoms with van der Waals surface area (Å²) in [4.78, 5) is 32.1. The van der Waals surface area contributed by atoms with Crippen LogP contribution in [-0.4, -0.2) is 55.9 Å². The fourth-order valence-electron chi connectivity index (χ4n) is 3.74. The highest BCUT2D eigenvalue weighted by Gasteiger charge is 2.25. The van der Waals surface area contributed by atoms with Crippen molar-refractivity contribution in [3.8, 4) is 0 Å². The maximum Gasteiger partial charge on any atom is 0.253 e. The van der Waals surface area contributed by atoms with Gasteiger partial charge in [-0.3, -0.25) is 15.0 Å². The van der Waals surface area contributed by atoms with Gasteiger partial charge in [-0.1, -0.05) is 44.0 Å². The van der Waals surface area contributed by atoms with Crippen LogP contribution in [0.15, 0.2) is 58.8 Å². The fraction of sp³-hybridized carbons (Fsp3) is 0.400. The Morgan fingerprint density at radius 1 is 1.25 bits per heavy atom. The summed E-state index contributed by atoms with van der Waals surface area (Å²) < 4.78 is 5.83. The number of rotatable bonds is 8. The average Bonchev–Trinajstić information content (AvgIpc) is 3.52. The normalized spacial score (nSPS) is 16.0. The highest BCUT2D eigenvalue weighted by atomic mass is 32.2. The number of hydrogen-bond donors (Lipinski definition) is 2. The van der Waals surface area contributed by atoms with Crippen molar-refractivity contribution < 1.29 is 14.0 Å². The molecule has 10 nitrogen and oxygen atoms in total. The Kier molecular flexibility index (Phi) is 7.78. The van der Waals surface area contributed by atoms with Gasteiger partial charge in [-0.05, 0) is 43.2 Å². The summed E-state index contributed by atoms with van der Waals surface area (Å²) >= 11 is 1.50. The van der Waals surface area contributed by atoms with Gasteiger partial charge >= 0.3 is 0 Å². The van der Waals surface area contributed by atoms with Gasteiger partial charge in [0.15, 0.2) is 0 Å². The summed E-state index contributed by atoms with van der Waals surface area (Å²) in [5, 5.41) is 12.2. The standard InChI is InChI=1S/C25H31N7O3S/c1-5-21(33)28-18-10-8-17(9-11-18)24(34)31-12-6-7-19(15-31)29-32-27-14-23(30-32)36-16-22-26-13-20(35-22)25(2,3)4/h5,8-11,13-14,19,29H,1,6-7,12,15-16H2,2-4H3,(H,28,33). The van der Waals surface area contributed by atoms with Crippen LogP contribution in [0.1, 0.15) is 55.6 Å². The van der Waals surface area contributed by atoms with E-state index in [9.17, 15) is 9.59 Å². The van der Waals surface area contributed by atoms with E-state index >= 15 is 0 Å². The average molecular weight is 510 g/mol. The Balaban J connectivity index is 1.29. The zero-order valence-electron chi connectivity index (χ0n) is 20.7. The molecule has 0 spiro atoms. The summed E-state index contributed by atoms with van der Waals surface area (Å²) in [6.45, 7) is 10.9. The number of carbonyl (C=O) groups excluding carboxylic acids is 2. The van der Waals surface area contributed by atoms with Crippen molar-refractivity contribution >= 4 is 29.3 Å². The van der Waals surface area contributed by atoms with Crippen molar-refractivity contribution in [2.45, 2.75) is 55.8 Å². The monoisotopic (exact) mass is 509 g/mol. The molecule has 2 N–H and O–H groups in total. The Morgan fingerprint density at radius 2 is 2.03 bits per heavy atom. The number of aromatic nitrogens is 4. The van der Waals surface area contributed by atoms with Crippen LogP contribution in [0.4, 0.5) is 5.69 Å². The van der Waals surface area contributed by atoms with Gasteiger partial charge in [0.2, 0.25) is 11.8 Å². The van der Waals surface area contributed by atoms with Crippen molar-refractivity contribution in [3.05, 3.63) is 66.5 Å². The number of oxazole rings is 1. The Bertz CT molecular complexity index is 1210. The van der Waals surface area contributed by atoms with Crippen LogP contribution in [0.2, 0.25) is 0 Å². The van der Waals surface area contributed by atoms with Crippen LogP contribution in [0.5, 0.6) is 0 Å². The maximum atomic E-state index is 13.0. The van der Waals surface area contributed by atoms with Crippen LogP contribution < -0.4 is 10.7 Å². The van der Waals surface area contributed by atoms with E-state index in [-0.39, 0.29) is 23.3 Å². The summed E-state index contributed by atoms with van der Waals surface area (Å²) in [6.07, 6.45) is 6.46. The van der Waals surface area contributed by atoms with E-state index in [2.05, 4.69) is 53.3 Å². The van der Waals surface area contributed by atoms with E-state index in [1.807, 2.05) is 4.90 Å². The number of piperidine rings is 1. The lowest BCUT2D eigenvalue weighted by Gasteiger charge is -2.33. The first-order chi connectivity index (χ1) is 17.2. The molecule has 1 atom stereocenters. The van der Waals surface area contributed by atoms with E-state index in [1.165, 1.54) is 22.7 Å². The summed E-state index contributed by atoms with van der Waals surface area (Å²) in [5.74, 6) is 1.74. The van der Waals surface area contributed by atoms with Gasteiger partial charge in [0.25, 0.3) is 5.91 Å². The molecule has 0 aliphatic carbocycles. The van der Waals surface area contributed by atoms with Crippen LogP contribution in [0.25, 0.3) is 0 Å². The first-order valence-corrected chi connectivity index (χ1v) is 12.8. The molecule has 4 rings (SSSR count). The fourth-order valence-corrected chi connectivity index (χ4v) is 4.40. The quantitative estimate of drug-likeness (QED) is 0.347. The maximum absolute atomic E-state index is 13.0. The molecule has 36 heavy (non-hydrogen) atoms. The molecule has 1 saturated heterocycles. The molecule has 0 saturated carbocycles. The first-order valence-electron chi connectivity index (χ1n) is 11.8. The van der Waals surface area contributed by atoms with Crippen molar-refractivity contribution in [2.75, 3.05) is 23.8 Å². The highest BCUT2D eigenvalue weighted by Crippen LogP contribution is 2.26. The van der Waals surface area contributed by atoms with Gasteiger partial charge in [0, 0.05) is 29.8 Å². The molecule has 2 aromatic heterocycles. The number of nitrogens with zero attached hydrogens (tertiary/aromatic N) is 5. The molecule has 1 aliphatic rings. The van der Waals surface area contributed by atoms with Crippen molar-refractivity contribution in [1.29, 1.82) is 0 Å². The Hall–Kier alpha value is -3.60. The zero-order chi connectivity index (χ0) is 25.7. The second kappa shape index (κ2) is 11.0. The van der Waals surface area contributed by atoms with Crippen molar-refractivity contribution in [3.63, 3.8) is 0 Å². The van der Waals surface area contributed by atoms with Gasteiger partial charge in [-0.2, -0.15) is 0 Å². The van der Waals surface area contributed by atoms with E-state index in [4.69, 9.17) is 4.42 Å². The predicted molar refractivity (Wildman–Crippen MR) is 138 cm³/mol. The highest BCUT2D eigenvalue weighted by molar-refractivity contribution is 7.98. The Morgan fingerprint density at radius 3 is 2.72 bits per heavy atom. The molecule has 190 valence electrons. The SMILES string of the molecule is C=CC(=O)Nc1ccc(C(=O)N2CCCC(Nn3ncc(SCc4ncc(C(C)(C)C)o4)n3)C2)cc1. The van der Waals surface area contributed by atoms with E-state index < -0.39 is 0 Å². The molecule has 2 amide bonds. The van der Waals surface area contributed by atoms with Crippen molar-refractivity contribution in [1.82, 2.24) is 25.0 Å². The van der Waals surface area contributed by atoms with E-state index in [0.717, 1.165) is 23.6 Å². The molecule has 1 aromatic carbocycles. The third-order valence-electron chi connectivity index (χ3n) is 5.70. The molecule has 1 fully saturated rings. The number of amides is 2. The summed E-state index contributed by atoms with van der Waals surface area (Å²) in [6, 6.07) is 6.89. The molecule has 11 heteroatoms. The minimum Gasteiger partial charge on any atom is -0.444 e. The summed E-state index contributed by atoms with van der Waals surface area (Å²) in [5.41, 5.74) is 4.40. The topological polar surface area (TPSA) is 118 Å².